The molecule has 0 aromatic heterocycles. The van der Waals surface area contributed by atoms with Crippen LogP contribution in [-0.4, -0.2) is 30.4 Å². The number of carboxylic acid groups (broad SMARTS) is 1. The van der Waals surface area contributed by atoms with Crippen molar-refractivity contribution in [3.63, 3.8) is 0 Å². The van der Waals surface area contributed by atoms with Gasteiger partial charge < -0.3 is 14.6 Å². The fraction of sp³-hybridized carbons (Fsp3) is 0.708. The van der Waals surface area contributed by atoms with Crippen LogP contribution in [0.5, 0.6) is 5.75 Å². The minimum atomic E-state index is -0.872. The van der Waals surface area contributed by atoms with Gasteiger partial charge in [-0.1, -0.05) is 102 Å². The van der Waals surface area contributed by atoms with Crippen LogP contribution in [0.25, 0.3) is 0 Å². The molecule has 0 bridgehead atoms. The number of unbranched alkanes of at least 4 members (excludes halogenated alkanes) is 11. The summed E-state index contributed by atoms with van der Waals surface area (Å²) in [6, 6.07) is 9.49. The molecule has 28 heavy (non-hydrogen) atoms. The Bertz CT molecular complexity index is 475. The van der Waals surface area contributed by atoms with Crippen LogP contribution in [0.1, 0.15) is 90.4 Å². The zero-order chi connectivity index (χ0) is 20.3. The lowest BCUT2D eigenvalue weighted by molar-refractivity contribution is -0.151. The van der Waals surface area contributed by atoms with Gasteiger partial charge in [-0.05, 0) is 18.6 Å². The molecule has 0 saturated carbocycles. The Morgan fingerprint density at radius 1 is 0.821 bits per heavy atom. The molecule has 0 saturated heterocycles. The average Bonchev–Trinajstić information content (AvgIpc) is 2.70. The first-order valence-corrected chi connectivity index (χ1v) is 11.3. The number of hydrogen-bond acceptors (Lipinski definition) is 3. The maximum absolute atomic E-state index is 11.3. The lowest BCUT2D eigenvalue weighted by Gasteiger charge is -2.14. The molecule has 0 aliphatic carbocycles. The van der Waals surface area contributed by atoms with Gasteiger partial charge in [-0.15, -0.1) is 0 Å². The van der Waals surface area contributed by atoms with E-state index in [4.69, 9.17) is 9.47 Å². The Balaban J connectivity index is 1.95. The minimum Gasteiger partial charge on any atom is -0.491 e. The lowest BCUT2D eigenvalue weighted by atomic mass is 10.0. The number of ether oxygens (including phenoxy) is 2. The Kier molecular flexibility index (Phi) is 15.3. The normalized spacial score (nSPS) is 12.0. The highest BCUT2D eigenvalue weighted by atomic mass is 16.5. The SMILES string of the molecule is CCCCCCCCCCCCCCC(OCCOc1ccccc1)C(=O)O. The van der Waals surface area contributed by atoms with Gasteiger partial charge in [0.15, 0.2) is 6.10 Å². The quantitative estimate of drug-likeness (QED) is 0.269. The van der Waals surface area contributed by atoms with E-state index in [0.29, 0.717) is 19.6 Å². The number of carboxylic acids is 1. The van der Waals surface area contributed by atoms with E-state index in [-0.39, 0.29) is 0 Å². The number of rotatable bonds is 19. The van der Waals surface area contributed by atoms with E-state index in [0.717, 1.165) is 18.6 Å². The van der Waals surface area contributed by atoms with Crippen molar-refractivity contribution in [2.24, 2.45) is 0 Å². The summed E-state index contributed by atoms with van der Waals surface area (Å²) in [5.41, 5.74) is 0. The molecule has 0 radical (unpaired) electrons. The van der Waals surface area contributed by atoms with Crippen LogP contribution in [0.15, 0.2) is 30.3 Å². The van der Waals surface area contributed by atoms with Crippen molar-refractivity contribution in [1.29, 1.82) is 0 Å². The summed E-state index contributed by atoms with van der Waals surface area (Å²) in [6.45, 7) is 2.92. The topological polar surface area (TPSA) is 55.8 Å². The Hall–Kier alpha value is -1.55. The first-order chi connectivity index (χ1) is 13.7. The summed E-state index contributed by atoms with van der Waals surface area (Å²) in [6.07, 6.45) is 15.2. The molecule has 0 amide bonds. The predicted octanol–water partition coefficient (Wildman–Crippen LogP) is 6.63. The van der Waals surface area contributed by atoms with Crippen LogP contribution in [-0.2, 0) is 9.53 Å². The molecule has 160 valence electrons. The summed E-state index contributed by atoms with van der Waals surface area (Å²) in [5.74, 6) is -0.0956. The third-order valence-electron chi connectivity index (χ3n) is 5.01. The molecule has 1 rings (SSSR count). The summed E-state index contributed by atoms with van der Waals surface area (Å²) in [4.78, 5) is 11.3. The highest BCUT2D eigenvalue weighted by Gasteiger charge is 2.17. The van der Waals surface area contributed by atoms with Crippen molar-refractivity contribution in [3.8, 4) is 5.75 Å². The van der Waals surface area contributed by atoms with Crippen molar-refractivity contribution in [2.75, 3.05) is 13.2 Å². The molecule has 0 spiro atoms. The van der Waals surface area contributed by atoms with Crippen LogP contribution < -0.4 is 4.74 Å². The molecule has 0 heterocycles. The number of hydrogen-bond donors (Lipinski definition) is 1. The summed E-state index contributed by atoms with van der Waals surface area (Å²) in [5, 5.41) is 9.30. The third kappa shape index (κ3) is 13.6. The number of carbonyl (C=O) groups is 1. The molecule has 1 unspecified atom stereocenters. The number of para-hydroxylation sites is 1. The Morgan fingerprint density at radius 2 is 1.36 bits per heavy atom. The molecule has 4 nitrogen and oxygen atoms in total. The van der Waals surface area contributed by atoms with Gasteiger partial charge in [-0.3, -0.25) is 0 Å². The van der Waals surface area contributed by atoms with E-state index in [9.17, 15) is 9.90 Å². The molecular formula is C24H40O4. The first-order valence-electron chi connectivity index (χ1n) is 11.3. The van der Waals surface area contributed by atoms with Crippen molar-refractivity contribution >= 4 is 5.97 Å². The summed E-state index contributed by atoms with van der Waals surface area (Å²) in [7, 11) is 0. The molecular weight excluding hydrogens is 352 g/mol. The molecule has 1 atom stereocenters. The van der Waals surface area contributed by atoms with Crippen molar-refractivity contribution in [2.45, 2.75) is 96.5 Å². The van der Waals surface area contributed by atoms with Crippen molar-refractivity contribution < 1.29 is 19.4 Å². The molecule has 0 fully saturated rings. The third-order valence-corrected chi connectivity index (χ3v) is 5.01. The zero-order valence-electron chi connectivity index (χ0n) is 17.7. The van der Waals surface area contributed by atoms with Crippen LogP contribution in [0.4, 0.5) is 0 Å². The zero-order valence-corrected chi connectivity index (χ0v) is 17.7. The van der Waals surface area contributed by atoms with E-state index in [1.807, 2.05) is 30.3 Å². The standard InChI is InChI=1S/C24H40O4/c1-2-3-4-5-6-7-8-9-10-11-12-16-19-23(24(25)26)28-21-20-27-22-17-14-13-15-18-22/h13-15,17-18,23H,2-12,16,19-21H2,1H3,(H,25,26). The van der Waals surface area contributed by atoms with Crippen LogP contribution >= 0.6 is 0 Å². The van der Waals surface area contributed by atoms with Crippen LogP contribution in [0, 0.1) is 0 Å². The Morgan fingerprint density at radius 3 is 1.89 bits per heavy atom. The van der Waals surface area contributed by atoms with Gasteiger partial charge in [-0.25, -0.2) is 4.79 Å². The largest absolute Gasteiger partial charge is 0.491 e. The maximum atomic E-state index is 11.3. The second kappa shape index (κ2) is 17.5. The molecule has 0 aliphatic rings. The first kappa shape index (κ1) is 24.5. The van der Waals surface area contributed by atoms with E-state index >= 15 is 0 Å². The maximum Gasteiger partial charge on any atom is 0.332 e. The smallest absolute Gasteiger partial charge is 0.332 e. The molecule has 0 aliphatic heterocycles. The fourth-order valence-corrected chi connectivity index (χ4v) is 3.32. The Labute approximate surface area is 171 Å². The van der Waals surface area contributed by atoms with Gasteiger partial charge in [-0.2, -0.15) is 0 Å². The monoisotopic (exact) mass is 392 g/mol. The number of aliphatic carboxylic acids is 1. The van der Waals surface area contributed by atoms with Gasteiger partial charge in [0, 0.05) is 0 Å². The summed E-state index contributed by atoms with van der Waals surface area (Å²) < 4.78 is 11.0. The minimum absolute atomic E-state index is 0.296. The second-order valence-electron chi connectivity index (χ2n) is 7.54. The van der Waals surface area contributed by atoms with Gasteiger partial charge in [0.05, 0.1) is 6.61 Å². The van der Waals surface area contributed by atoms with E-state index in [2.05, 4.69) is 6.92 Å². The highest BCUT2D eigenvalue weighted by molar-refractivity contribution is 5.72. The van der Waals surface area contributed by atoms with E-state index in [1.54, 1.807) is 0 Å². The van der Waals surface area contributed by atoms with E-state index in [1.165, 1.54) is 64.2 Å². The fourth-order valence-electron chi connectivity index (χ4n) is 3.32. The predicted molar refractivity (Wildman–Crippen MR) is 115 cm³/mol. The van der Waals surface area contributed by atoms with Gasteiger partial charge in [0.2, 0.25) is 0 Å². The van der Waals surface area contributed by atoms with Gasteiger partial charge in [0.25, 0.3) is 0 Å². The van der Waals surface area contributed by atoms with Crippen molar-refractivity contribution in [3.05, 3.63) is 30.3 Å². The number of benzene rings is 1. The van der Waals surface area contributed by atoms with Crippen LogP contribution in [0.3, 0.4) is 0 Å². The van der Waals surface area contributed by atoms with Gasteiger partial charge >= 0.3 is 5.97 Å². The molecule has 1 N–H and O–H groups in total. The lowest BCUT2D eigenvalue weighted by Crippen LogP contribution is -2.26. The van der Waals surface area contributed by atoms with Crippen LogP contribution in [0.2, 0.25) is 0 Å². The van der Waals surface area contributed by atoms with E-state index < -0.39 is 12.1 Å². The molecule has 1 aromatic rings. The average molecular weight is 393 g/mol. The highest BCUT2D eigenvalue weighted by Crippen LogP contribution is 2.14. The van der Waals surface area contributed by atoms with Gasteiger partial charge in [0.1, 0.15) is 12.4 Å². The summed E-state index contributed by atoms with van der Waals surface area (Å²) >= 11 is 0. The molecule has 1 aromatic carbocycles. The van der Waals surface area contributed by atoms with Crippen molar-refractivity contribution in [1.82, 2.24) is 0 Å². The second-order valence-corrected chi connectivity index (χ2v) is 7.54. The molecule has 4 heteroatoms.